The van der Waals surface area contributed by atoms with Gasteiger partial charge in [-0.25, -0.2) is 4.68 Å². The van der Waals surface area contributed by atoms with Gasteiger partial charge in [0.25, 0.3) is 5.91 Å². The average Bonchev–Trinajstić information content (AvgIpc) is 3.21. The third-order valence-electron chi connectivity index (χ3n) is 6.78. The van der Waals surface area contributed by atoms with Crippen molar-refractivity contribution in [2.45, 2.75) is 44.1 Å². The maximum absolute atomic E-state index is 13.1. The summed E-state index contributed by atoms with van der Waals surface area (Å²) >= 11 is 0. The Hall–Kier alpha value is -2.77. The molecule has 1 heterocycles. The maximum atomic E-state index is 13.1. The minimum Gasteiger partial charge on any atom is -0.469 e. The minimum atomic E-state index is -0.430. The highest BCUT2D eigenvalue weighted by atomic mass is 16.5. The molecule has 2 unspecified atom stereocenters. The van der Waals surface area contributed by atoms with Crippen molar-refractivity contribution in [3.05, 3.63) is 36.2 Å². The molecule has 0 spiro atoms. The van der Waals surface area contributed by atoms with Gasteiger partial charge in [0.05, 0.1) is 18.2 Å². The Morgan fingerprint density at radius 1 is 1.21 bits per heavy atom. The number of aromatic nitrogens is 4. The first-order valence-electron chi connectivity index (χ1n) is 9.75. The molecule has 4 saturated carbocycles. The number of hydrogen-bond acceptors (Lipinski definition) is 6. The molecule has 6 rings (SSSR count). The van der Waals surface area contributed by atoms with Crippen LogP contribution < -0.4 is 5.32 Å². The molecular weight excluding hydrogens is 358 g/mol. The first kappa shape index (κ1) is 17.3. The number of amides is 1. The van der Waals surface area contributed by atoms with Gasteiger partial charge in [0.1, 0.15) is 6.33 Å². The van der Waals surface area contributed by atoms with Crippen molar-refractivity contribution in [2.75, 3.05) is 7.11 Å². The summed E-state index contributed by atoms with van der Waals surface area (Å²) in [4.78, 5) is 25.7. The monoisotopic (exact) mass is 381 g/mol. The van der Waals surface area contributed by atoms with Gasteiger partial charge in [-0.05, 0) is 79.0 Å². The van der Waals surface area contributed by atoms with Crippen LogP contribution in [-0.4, -0.2) is 44.7 Å². The van der Waals surface area contributed by atoms with Crippen LogP contribution in [0, 0.1) is 17.3 Å². The van der Waals surface area contributed by atoms with Crippen LogP contribution in [0.2, 0.25) is 0 Å². The number of methoxy groups -OCH3 is 1. The number of carbonyl (C=O) groups excluding carboxylic acids is 2. The lowest BCUT2D eigenvalue weighted by molar-refractivity contribution is -0.171. The standard InChI is InChI=1S/C20H23N5O3/c1-28-18(27)19-7-13-5-14(8-19)10-20(9-13,11-19)22-17(26)15-3-2-4-16(6-15)25-12-21-23-24-25/h2-4,6,12-14H,5,7-11H2,1H3,(H,22,26). The van der Waals surface area contributed by atoms with Crippen LogP contribution in [0.15, 0.2) is 30.6 Å². The molecular formula is C20H23N5O3. The Kier molecular flexibility index (Phi) is 3.79. The zero-order valence-electron chi connectivity index (χ0n) is 15.8. The summed E-state index contributed by atoms with van der Waals surface area (Å²) in [6.07, 6.45) is 7.01. The molecule has 0 radical (unpaired) electrons. The molecule has 8 heteroatoms. The van der Waals surface area contributed by atoms with Crippen molar-refractivity contribution in [3.8, 4) is 5.69 Å². The van der Waals surface area contributed by atoms with Gasteiger partial charge in [-0.1, -0.05) is 6.07 Å². The quantitative estimate of drug-likeness (QED) is 0.812. The molecule has 4 fully saturated rings. The Bertz CT molecular complexity index is 912. The molecule has 146 valence electrons. The van der Waals surface area contributed by atoms with E-state index >= 15 is 0 Å². The highest BCUT2D eigenvalue weighted by molar-refractivity contribution is 5.95. The zero-order chi connectivity index (χ0) is 19.4. The van der Waals surface area contributed by atoms with Crippen LogP contribution in [0.5, 0.6) is 0 Å². The fourth-order valence-corrected chi connectivity index (χ4v) is 6.25. The summed E-state index contributed by atoms with van der Waals surface area (Å²) < 4.78 is 6.68. The van der Waals surface area contributed by atoms with Crippen molar-refractivity contribution >= 4 is 11.9 Å². The highest BCUT2D eigenvalue weighted by Gasteiger charge is 2.61. The third kappa shape index (κ3) is 2.70. The number of carbonyl (C=O) groups is 2. The number of tetrazole rings is 1. The lowest BCUT2D eigenvalue weighted by Crippen LogP contribution is -2.64. The summed E-state index contributed by atoms with van der Waals surface area (Å²) in [5.74, 6) is 0.735. The van der Waals surface area contributed by atoms with Crippen molar-refractivity contribution in [1.82, 2.24) is 25.5 Å². The van der Waals surface area contributed by atoms with E-state index in [0.717, 1.165) is 37.8 Å². The van der Waals surface area contributed by atoms with Crippen LogP contribution in [0.3, 0.4) is 0 Å². The minimum absolute atomic E-state index is 0.110. The van der Waals surface area contributed by atoms with E-state index in [-0.39, 0.29) is 17.4 Å². The van der Waals surface area contributed by atoms with E-state index in [1.165, 1.54) is 18.1 Å². The molecule has 0 aliphatic heterocycles. The van der Waals surface area contributed by atoms with Gasteiger partial charge in [-0.15, -0.1) is 5.10 Å². The van der Waals surface area contributed by atoms with Gasteiger partial charge in [-0.3, -0.25) is 9.59 Å². The first-order chi connectivity index (χ1) is 13.5. The number of benzene rings is 1. The molecule has 1 amide bonds. The molecule has 2 aromatic rings. The number of nitrogens with one attached hydrogen (secondary N) is 1. The Balaban J connectivity index is 1.41. The number of hydrogen-bond donors (Lipinski definition) is 1. The Morgan fingerprint density at radius 2 is 2.00 bits per heavy atom. The molecule has 1 N–H and O–H groups in total. The molecule has 0 saturated heterocycles. The maximum Gasteiger partial charge on any atom is 0.311 e. The van der Waals surface area contributed by atoms with Gasteiger partial charge in [-0.2, -0.15) is 0 Å². The second-order valence-corrected chi connectivity index (χ2v) is 8.77. The zero-order valence-corrected chi connectivity index (χ0v) is 15.8. The average molecular weight is 381 g/mol. The van der Waals surface area contributed by atoms with Crippen LogP contribution in [0.4, 0.5) is 0 Å². The smallest absolute Gasteiger partial charge is 0.311 e. The summed E-state index contributed by atoms with van der Waals surface area (Å²) in [7, 11) is 1.47. The highest BCUT2D eigenvalue weighted by Crippen LogP contribution is 2.62. The molecule has 4 aliphatic carbocycles. The van der Waals surface area contributed by atoms with Crippen molar-refractivity contribution in [2.24, 2.45) is 17.3 Å². The molecule has 1 aromatic carbocycles. The molecule has 8 nitrogen and oxygen atoms in total. The fourth-order valence-electron chi connectivity index (χ4n) is 6.25. The van der Waals surface area contributed by atoms with E-state index in [1.807, 2.05) is 12.1 Å². The van der Waals surface area contributed by atoms with Gasteiger partial charge in [0.2, 0.25) is 0 Å². The predicted molar refractivity (Wildman–Crippen MR) is 98.5 cm³/mol. The van der Waals surface area contributed by atoms with E-state index < -0.39 is 5.41 Å². The summed E-state index contributed by atoms with van der Waals surface area (Å²) in [5.41, 5.74) is 0.547. The largest absolute Gasteiger partial charge is 0.469 e. The number of nitrogens with zero attached hydrogens (tertiary/aromatic N) is 4. The Labute approximate surface area is 162 Å². The first-order valence-corrected chi connectivity index (χ1v) is 9.75. The summed E-state index contributed by atoms with van der Waals surface area (Å²) in [6.45, 7) is 0. The number of esters is 1. The van der Waals surface area contributed by atoms with Gasteiger partial charge in [0, 0.05) is 11.1 Å². The third-order valence-corrected chi connectivity index (χ3v) is 6.78. The van der Waals surface area contributed by atoms with E-state index in [2.05, 4.69) is 20.8 Å². The Morgan fingerprint density at radius 3 is 2.68 bits per heavy atom. The van der Waals surface area contributed by atoms with Crippen molar-refractivity contribution in [3.63, 3.8) is 0 Å². The summed E-state index contributed by atoms with van der Waals surface area (Å²) in [5, 5.41) is 14.5. The van der Waals surface area contributed by atoms with Crippen LogP contribution >= 0.6 is 0 Å². The van der Waals surface area contributed by atoms with E-state index in [9.17, 15) is 9.59 Å². The fraction of sp³-hybridized carbons (Fsp3) is 0.550. The molecule has 2 atom stereocenters. The normalized spacial score (nSPS) is 32.9. The SMILES string of the molecule is COC(=O)C12CC3CC(CC(NC(=O)c4cccc(-n5cnnn5)c4)(C3)C1)C2. The van der Waals surface area contributed by atoms with Crippen molar-refractivity contribution in [1.29, 1.82) is 0 Å². The molecule has 28 heavy (non-hydrogen) atoms. The van der Waals surface area contributed by atoms with Gasteiger partial charge in [0.15, 0.2) is 0 Å². The van der Waals surface area contributed by atoms with E-state index in [1.54, 1.807) is 12.1 Å². The van der Waals surface area contributed by atoms with E-state index in [0.29, 0.717) is 23.8 Å². The lowest BCUT2D eigenvalue weighted by atomic mass is 9.47. The van der Waals surface area contributed by atoms with Crippen LogP contribution in [-0.2, 0) is 9.53 Å². The van der Waals surface area contributed by atoms with Crippen LogP contribution in [0.1, 0.15) is 48.9 Å². The van der Waals surface area contributed by atoms with Crippen molar-refractivity contribution < 1.29 is 14.3 Å². The predicted octanol–water partition coefficient (Wildman–Crippen LogP) is 1.90. The van der Waals surface area contributed by atoms with Gasteiger partial charge < -0.3 is 10.1 Å². The molecule has 4 bridgehead atoms. The molecule has 1 aromatic heterocycles. The van der Waals surface area contributed by atoms with Gasteiger partial charge >= 0.3 is 5.97 Å². The second-order valence-electron chi connectivity index (χ2n) is 8.77. The second kappa shape index (κ2) is 6.12. The summed E-state index contributed by atoms with van der Waals surface area (Å²) in [6, 6.07) is 7.24. The number of ether oxygens (including phenoxy) is 1. The number of rotatable bonds is 4. The van der Waals surface area contributed by atoms with Crippen LogP contribution in [0.25, 0.3) is 5.69 Å². The topological polar surface area (TPSA) is 99.0 Å². The van der Waals surface area contributed by atoms with E-state index in [4.69, 9.17) is 4.74 Å². The lowest BCUT2D eigenvalue weighted by Gasteiger charge is -2.60. The molecule has 4 aliphatic rings.